The lowest BCUT2D eigenvalue weighted by atomic mass is 10.0. The van der Waals surface area contributed by atoms with Gasteiger partial charge in [-0.1, -0.05) is 0 Å². The van der Waals surface area contributed by atoms with Gasteiger partial charge in [0, 0.05) is 6.42 Å². The molecule has 3 N–H and O–H groups in total. The summed E-state index contributed by atoms with van der Waals surface area (Å²) < 4.78 is 0. The molecule has 0 spiro atoms. The SMILES string of the molecule is NC(=O)C[C@H]1CC[C@@H](O)C1. The minimum absolute atomic E-state index is 0.190. The highest BCUT2D eigenvalue weighted by atomic mass is 16.3. The summed E-state index contributed by atoms with van der Waals surface area (Å²) in [4.78, 5) is 10.4. The Morgan fingerprint density at radius 1 is 1.60 bits per heavy atom. The average molecular weight is 143 g/mol. The Bertz CT molecular complexity index is 136. The van der Waals surface area contributed by atoms with Gasteiger partial charge in [0.05, 0.1) is 6.10 Å². The summed E-state index contributed by atoms with van der Waals surface area (Å²) in [7, 11) is 0. The van der Waals surface area contributed by atoms with Crippen LogP contribution in [0.4, 0.5) is 0 Å². The molecule has 1 rings (SSSR count). The van der Waals surface area contributed by atoms with E-state index in [0.717, 1.165) is 19.3 Å². The lowest BCUT2D eigenvalue weighted by Gasteiger charge is -2.03. The first-order valence-electron chi connectivity index (χ1n) is 3.65. The normalized spacial score (nSPS) is 32.5. The van der Waals surface area contributed by atoms with Gasteiger partial charge >= 0.3 is 0 Å². The van der Waals surface area contributed by atoms with Crippen molar-refractivity contribution in [2.75, 3.05) is 0 Å². The Kier molecular flexibility index (Phi) is 2.27. The minimum Gasteiger partial charge on any atom is -0.393 e. The highest BCUT2D eigenvalue weighted by Crippen LogP contribution is 2.27. The van der Waals surface area contributed by atoms with Crippen LogP contribution in [0.3, 0.4) is 0 Å². The molecular weight excluding hydrogens is 130 g/mol. The van der Waals surface area contributed by atoms with Crippen molar-refractivity contribution in [3.05, 3.63) is 0 Å². The molecule has 0 aromatic carbocycles. The summed E-state index contributed by atoms with van der Waals surface area (Å²) in [5.41, 5.74) is 5.00. The van der Waals surface area contributed by atoms with Crippen LogP contribution in [0.5, 0.6) is 0 Å². The molecule has 0 aliphatic heterocycles. The highest BCUT2D eigenvalue weighted by molar-refractivity contribution is 5.74. The second-order valence-corrected chi connectivity index (χ2v) is 3.00. The third-order valence-corrected chi connectivity index (χ3v) is 2.00. The average Bonchev–Trinajstić information content (AvgIpc) is 2.13. The van der Waals surface area contributed by atoms with Crippen LogP contribution < -0.4 is 5.73 Å². The van der Waals surface area contributed by atoms with E-state index >= 15 is 0 Å². The van der Waals surface area contributed by atoms with Crippen molar-refractivity contribution in [3.8, 4) is 0 Å². The zero-order valence-corrected chi connectivity index (χ0v) is 5.92. The van der Waals surface area contributed by atoms with E-state index in [1.54, 1.807) is 0 Å². The highest BCUT2D eigenvalue weighted by Gasteiger charge is 2.23. The number of amides is 1. The van der Waals surface area contributed by atoms with Gasteiger partial charge in [-0.2, -0.15) is 0 Å². The van der Waals surface area contributed by atoms with Gasteiger partial charge < -0.3 is 10.8 Å². The molecule has 0 aromatic rings. The molecule has 1 fully saturated rings. The number of carbonyl (C=O) groups is 1. The monoisotopic (exact) mass is 143 g/mol. The standard InChI is InChI=1S/C7H13NO2/c8-7(10)4-5-1-2-6(9)3-5/h5-6,9H,1-4H2,(H2,8,10)/t5-,6+/m0/s1. The predicted octanol–water partition coefficient (Wildman–Crippen LogP) is 0.0228. The first kappa shape index (κ1) is 7.54. The van der Waals surface area contributed by atoms with E-state index in [9.17, 15) is 4.79 Å². The van der Waals surface area contributed by atoms with Crippen LogP contribution >= 0.6 is 0 Å². The third kappa shape index (κ3) is 1.99. The fraction of sp³-hybridized carbons (Fsp3) is 0.857. The van der Waals surface area contributed by atoms with Crippen LogP contribution in [0.1, 0.15) is 25.7 Å². The smallest absolute Gasteiger partial charge is 0.217 e. The molecule has 0 unspecified atom stereocenters. The zero-order valence-electron chi connectivity index (χ0n) is 5.92. The van der Waals surface area contributed by atoms with Gasteiger partial charge in [0.25, 0.3) is 0 Å². The molecule has 10 heavy (non-hydrogen) atoms. The lowest BCUT2D eigenvalue weighted by molar-refractivity contribution is -0.118. The molecule has 1 amide bonds. The number of hydrogen-bond donors (Lipinski definition) is 2. The van der Waals surface area contributed by atoms with Gasteiger partial charge in [0.15, 0.2) is 0 Å². The van der Waals surface area contributed by atoms with Gasteiger partial charge in [0.2, 0.25) is 5.91 Å². The molecule has 3 heteroatoms. The van der Waals surface area contributed by atoms with E-state index in [-0.39, 0.29) is 12.0 Å². The molecule has 3 nitrogen and oxygen atoms in total. The fourth-order valence-corrected chi connectivity index (χ4v) is 1.52. The Hall–Kier alpha value is -0.570. The molecule has 0 heterocycles. The summed E-state index contributed by atoms with van der Waals surface area (Å²) >= 11 is 0. The molecule has 0 bridgehead atoms. The largest absolute Gasteiger partial charge is 0.393 e. The van der Waals surface area contributed by atoms with Crippen LogP contribution in [0.25, 0.3) is 0 Å². The molecule has 2 atom stereocenters. The van der Waals surface area contributed by atoms with E-state index in [1.807, 2.05) is 0 Å². The molecule has 58 valence electrons. The number of rotatable bonds is 2. The summed E-state index contributed by atoms with van der Waals surface area (Å²) in [6.07, 6.45) is 2.78. The molecule has 0 saturated heterocycles. The van der Waals surface area contributed by atoms with Crippen LogP contribution in [0.15, 0.2) is 0 Å². The van der Waals surface area contributed by atoms with Crippen molar-refractivity contribution < 1.29 is 9.90 Å². The van der Waals surface area contributed by atoms with Crippen LogP contribution in [-0.2, 0) is 4.79 Å². The molecule has 0 radical (unpaired) electrons. The maximum absolute atomic E-state index is 10.4. The lowest BCUT2D eigenvalue weighted by Crippen LogP contribution is -2.15. The maximum atomic E-state index is 10.4. The van der Waals surface area contributed by atoms with E-state index in [4.69, 9.17) is 10.8 Å². The fourth-order valence-electron chi connectivity index (χ4n) is 1.52. The van der Waals surface area contributed by atoms with Crippen molar-refractivity contribution in [1.29, 1.82) is 0 Å². The molecule has 1 aliphatic rings. The maximum Gasteiger partial charge on any atom is 0.217 e. The van der Waals surface area contributed by atoms with Crippen LogP contribution in [-0.4, -0.2) is 17.1 Å². The number of aliphatic hydroxyl groups excluding tert-OH is 1. The van der Waals surface area contributed by atoms with Gasteiger partial charge in [-0.25, -0.2) is 0 Å². The number of nitrogens with two attached hydrogens (primary N) is 1. The second-order valence-electron chi connectivity index (χ2n) is 3.00. The van der Waals surface area contributed by atoms with Gasteiger partial charge in [0.1, 0.15) is 0 Å². The van der Waals surface area contributed by atoms with Crippen LogP contribution in [0, 0.1) is 5.92 Å². The second kappa shape index (κ2) is 3.01. The van der Waals surface area contributed by atoms with Crippen molar-refractivity contribution in [2.45, 2.75) is 31.8 Å². The van der Waals surface area contributed by atoms with Gasteiger partial charge in [-0.3, -0.25) is 4.79 Å². The Morgan fingerprint density at radius 3 is 2.70 bits per heavy atom. The zero-order chi connectivity index (χ0) is 7.56. The molecule has 1 saturated carbocycles. The third-order valence-electron chi connectivity index (χ3n) is 2.00. The van der Waals surface area contributed by atoms with E-state index in [2.05, 4.69) is 0 Å². The first-order valence-corrected chi connectivity index (χ1v) is 3.65. The molecule has 1 aliphatic carbocycles. The summed E-state index contributed by atoms with van der Waals surface area (Å²) in [6.45, 7) is 0. The van der Waals surface area contributed by atoms with E-state index in [1.165, 1.54) is 0 Å². The van der Waals surface area contributed by atoms with Crippen molar-refractivity contribution in [3.63, 3.8) is 0 Å². The summed E-state index contributed by atoms with van der Waals surface area (Å²) in [5, 5.41) is 9.06. The van der Waals surface area contributed by atoms with Crippen molar-refractivity contribution in [1.82, 2.24) is 0 Å². The van der Waals surface area contributed by atoms with Gasteiger partial charge in [-0.15, -0.1) is 0 Å². The Balaban J connectivity index is 2.24. The first-order chi connectivity index (χ1) is 4.68. The van der Waals surface area contributed by atoms with Crippen molar-refractivity contribution in [2.24, 2.45) is 11.7 Å². The molecule has 0 aromatic heterocycles. The quantitative estimate of drug-likeness (QED) is 0.572. The minimum atomic E-state index is -0.251. The Labute approximate surface area is 60.2 Å². The van der Waals surface area contributed by atoms with E-state index in [0.29, 0.717) is 12.3 Å². The Morgan fingerprint density at radius 2 is 2.30 bits per heavy atom. The summed E-state index contributed by atoms with van der Waals surface area (Å²) in [6, 6.07) is 0. The number of hydrogen-bond acceptors (Lipinski definition) is 2. The number of primary amides is 1. The van der Waals surface area contributed by atoms with Crippen molar-refractivity contribution >= 4 is 5.91 Å². The van der Waals surface area contributed by atoms with Crippen LogP contribution in [0.2, 0.25) is 0 Å². The number of carbonyl (C=O) groups excluding carboxylic acids is 1. The topological polar surface area (TPSA) is 63.3 Å². The predicted molar refractivity (Wildman–Crippen MR) is 37.2 cm³/mol. The van der Waals surface area contributed by atoms with Gasteiger partial charge in [-0.05, 0) is 25.2 Å². The number of aliphatic hydroxyl groups is 1. The summed E-state index contributed by atoms with van der Waals surface area (Å²) in [5.74, 6) is 0.0894. The van der Waals surface area contributed by atoms with E-state index < -0.39 is 0 Å². The molecular formula is C7H13NO2.